The zero-order valence-corrected chi connectivity index (χ0v) is 8.32. The average Bonchev–Trinajstić information content (AvgIpc) is 2.31. The lowest BCUT2D eigenvalue weighted by Gasteiger charge is -2.18. The first-order valence-electron chi connectivity index (χ1n) is 4.38. The Kier molecular flexibility index (Phi) is 3.27. The molecule has 4 nitrogen and oxygen atoms in total. The van der Waals surface area contributed by atoms with E-state index in [9.17, 15) is 4.79 Å². The van der Waals surface area contributed by atoms with Gasteiger partial charge in [-0.25, -0.2) is 0 Å². The molecule has 3 atom stereocenters. The monoisotopic (exact) mass is 186 g/mol. The van der Waals surface area contributed by atoms with Crippen LogP contribution in [0.4, 0.5) is 0 Å². The van der Waals surface area contributed by atoms with E-state index >= 15 is 0 Å². The zero-order chi connectivity index (χ0) is 10.0. The maximum atomic E-state index is 10.8. The van der Waals surface area contributed by atoms with Crippen LogP contribution in [0.1, 0.15) is 13.8 Å². The topological polar surface area (TPSA) is 38.8 Å². The number of amides is 1. The van der Waals surface area contributed by atoms with Gasteiger partial charge in [-0.3, -0.25) is 4.79 Å². The molecule has 1 rings (SSSR count). The predicted molar refractivity (Wildman–Crippen MR) is 47.9 cm³/mol. The molecule has 1 saturated heterocycles. The second-order valence-corrected chi connectivity index (χ2v) is 3.39. The molecule has 13 heavy (non-hydrogen) atoms. The Labute approximate surface area is 78.8 Å². The van der Waals surface area contributed by atoms with Gasteiger partial charge in [0.15, 0.2) is 6.29 Å². The predicted octanol–water partition coefficient (Wildman–Crippen LogP) is 0.429. The molecule has 0 N–H and O–H groups in total. The van der Waals surface area contributed by atoms with E-state index in [0.717, 1.165) is 0 Å². The van der Waals surface area contributed by atoms with Gasteiger partial charge in [0.05, 0.1) is 18.8 Å². The maximum Gasteiger partial charge on any atom is 0.223 e. The average molecular weight is 186 g/mol. The Morgan fingerprint density at radius 3 is 2.23 bits per heavy atom. The minimum absolute atomic E-state index is 0.0957. The van der Waals surface area contributed by atoms with Crippen molar-refractivity contribution < 1.29 is 14.3 Å². The van der Waals surface area contributed by atoms with Crippen LogP contribution in [0.5, 0.6) is 0 Å². The van der Waals surface area contributed by atoms with E-state index in [1.807, 2.05) is 13.8 Å². The largest absolute Gasteiger partial charge is 0.345 e. The molecule has 1 amide bonds. The Bertz CT molecular complexity index is 185. The molecule has 1 aliphatic rings. The normalized spacial score (nSPS) is 33.4. The van der Waals surface area contributed by atoms with Gasteiger partial charge < -0.3 is 14.4 Å². The van der Waals surface area contributed by atoms with E-state index < -0.39 is 0 Å². The van der Waals surface area contributed by atoms with Gasteiger partial charge in [-0.15, -0.1) is 0 Å². The number of hydrogen-bond donors (Lipinski definition) is 0. The molecule has 0 aliphatic carbocycles. The number of carbonyl (C=O) groups excluding carboxylic acids is 1. The number of ether oxygens (including phenoxy) is 2. The summed E-state index contributed by atoms with van der Waals surface area (Å²) >= 11 is 0. The molecule has 0 bridgehead atoms. The summed E-state index contributed by atoms with van der Waals surface area (Å²) in [6, 6.07) is 0. The van der Waals surface area contributed by atoms with Crippen LogP contribution in [0.25, 0.3) is 0 Å². The van der Waals surface area contributed by atoms with Crippen LogP contribution in [0, 0.1) is 6.92 Å². The van der Waals surface area contributed by atoms with Crippen molar-refractivity contribution in [3.63, 3.8) is 0 Å². The van der Waals surface area contributed by atoms with Crippen LogP contribution in [0.2, 0.25) is 0 Å². The Morgan fingerprint density at radius 1 is 1.38 bits per heavy atom. The van der Waals surface area contributed by atoms with Gasteiger partial charge in [-0.2, -0.15) is 0 Å². The number of hydrogen-bond acceptors (Lipinski definition) is 3. The first-order valence-corrected chi connectivity index (χ1v) is 4.38. The Morgan fingerprint density at radius 2 is 1.85 bits per heavy atom. The molecule has 1 aliphatic heterocycles. The lowest BCUT2D eigenvalue weighted by molar-refractivity contribution is -0.132. The van der Waals surface area contributed by atoms with Gasteiger partial charge in [0, 0.05) is 14.0 Å². The molecule has 75 valence electrons. The summed E-state index contributed by atoms with van der Waals surface area (Å²) in [7, 11) is 1.68. The summed E-state index contributed by atoms with van der Waals surface area (Å²) in [6.07, 6.45) is -0.114. The molecule has 0 aromatic heterocycles. The van der Waals surface area contributed by atoms with Crippen LogP contribution < -0.4 is 0 Å². The minimum atomic E-state index is -0.305. The first-order chi connectivity index (χ1) is 6.00. The number of likely N-dealkylation sites (N-methyl/N-ethyl adjacent to an activating group) is 1. The van der Waals surface area contributed by atoms with Crippen LogP contribution in [-0.2, 0) is 14.3 Å². The fourth-order valence-electron chi connectivity index (χ4n) is 1.14. The van der Waals surface area contributed by atoms with Gasteiger partial charge in [0.25, 0.3) is 0 Å². The van der Waals surface area contributed by atoms with Gasteiger partial charge in [0.2, 0.25) is 5.91 Å². The van der Waals surface area contributed by atoms with Gasteiger partial charge in [0.1, 0.15) is 0 Å². The molecule has 1 heterocycles. The van der Waals surface area contributed by atoms with E-state index in [1.165, 1.54) is 4.90 Å². The molecular formula is C9H16NO3. The lowest BCUT2D eigenvalue weighted by atomic mass is 10.3. The van der Waals surface area contributed by atoms with Crippen molar-refractivity contribution in [3.05, 3.63) is 6.92 Å². The molecule has 0 aromatic rings. The quantitative estimate of drug-likeness (QED) is 0.627. The van der Waals surface area contributed by atoms with Crippen molar-refractivity contribution in [3.8, 4) is 0 Å². The lowest BCUT2D eigenvalue weighted by Crippen LogP contribution is -2.33. The highest BCUT2D eigenvalue weighted by Crippen LogP contribution is 2.18. The summed E-state index contributed by atoms with van der Waals surface area (Å²) in [5, 5.41) is 0. The summed E-state index contributed by atoms with van der Waals surface area (Å²) in [5.74, 6) is -0.223. The maximum absolute atomic E-state index is 10.8. The third-order valence-electron chi connectivity index (χ3n) is 2.24. The van der Waals surface area contributed by atoms with Crippen molar-refractivity contribution in [2.75, 3.05) is 13.6 Å². The fourth-order valence-corrected chi connectivity index (χ4v) is 1.14. The van der Waals surface area contributed by atoms with Crippen molar-refractivity contribution in [2.24, 2.45) is 0 Å². The SMILES string of the molecule is [CH2]C(=O)N(C)CC1OC(C)[C@H](C)O1. The molecular weight excluding hydrogens is 170 g/mol. The summed E-state index contributed by atoms with van der Waals surface area (Å²) in [5.41, 5.74) is 0. The van der Waals surface area contributed by atoms with E-state index in [4.69, 9.17) is 9.47 Å². The molecule has 4 heteroatoms. The van der Waals surface area contributed by atoms with Crippen molar-refractivity contribution in [2.45, 2.75) is 32.3 Å². The smallest absolute Gasteiger partial charge is 0.223 e. The number of rotatable bonds is 2. The minimum Gasteiger partial charge on any atom is -0.345 e. The standard InChI is InChI=1S/C9H16NO3/c1-6-7(2)13-9(12-6)5-10(4)8(3)11/h6-7,9H,3,5H2,1-2,4H3/t6-,7?,9?/m0/s1. The van der Waals surface area contributed by atoms with E-state index in [2.05, 4.69) is 6.92 Å². The third kappa shape index (κ3) is 2.67. The van der Waals surface area contributed by atoms with Crippen LogP contribution in [-0.4, -0.2) is 42.9 Å². The highest BCUT2D eigenvalue weighted by molar-refractivity contribution is 5.79. The highest BCUT2D eigenvalue weighted by Gasteiger charge is 2.30. The van der Waals surface area contributed by atoms with Crippen LogP contribution in [0.15, 0.2) is 0 Å². The third-order valence-corrected chi connectivity index (χ3v) is 2.24. The summed E-state index contributed by atoms with van der Waals surface area (Å²) < 4.78 is 10.9. The highest BCUT2D eigenvalue weighted by atomic mass is 16.7. The van der Waals surface area contributed by atoms with Crippen LogP contribution in [0.3, 0.4) is 0 Å². The molecule has 1 radical (unpaired) electrons. The van der Waals surface area contributed by atoms with E-state index in [0.29, 0.717) is 6.54 Å². The van der Waals surface area contributed by atoms with Crippen LogP contribution >= 0.6 is 0 Å². The fraction of sp³-hybridized carbons (Fsp3) is 0.778. The second-order valence-electron chi connectivity index (χ2n) is 3.39. The zero-order valence-electron chi connectivity index (χ0n) is 8.32. The second kappa shape index (κ2) is 4.07. The first kappa shape index (κ1) is 10.5. The summed E-state index contributed by atoms with van der Waals surface area (Å²) in [4.78, 5) is 12.3. The number of carbonyl (C=O) groups is 1. The van der Waals surface area contributed by atoms with E-state index in [-0.39, 0.29) is 24.4 Å². The summed E-state index contributed by atoms with van der Waals surface area (Å²) in [6.45, 7) is 7.65. The molecule has 0 aromatic carbocycles. The van der Waals surface area contributed by atoms with Crippen molar-refractivity contribution in [1.29, 1.82) is 0 Å². The number of nitrogens with zero attached hydrogens (tertiary/aromatic N) is 1. The van der Waals surface area contributed by atoms with Crippen molar-refractivity contribution in [1.82, 2.24) is 4.90 Å². The van der Waals surface area contributed by atoms with Crippen molar-refractivity contribution >= 4 is 5.91 Å². The molecule has 0 saturated carbocycles. The van der Waals surface area contributed by atoms with Gasteiger partial charge in [-0.1, -0.05) is 0 Å². The van der Waals surface area contributed by atoms with E-state index in [1.54, 1.807) is 7.05 Å². The van der Waals surface area contributed by atoms with Gasteiger partial charge >= 0.3 is 0 Å². The Balaban J connectivity index is 2.35. The Hall–Kier alpha value is -0.610. The molecule has 1 fully saturated rings. The van der Waals surface area contributed by atoms with Gasteiger partial charge in [-0.05, 0) is 13.8 Å². The molecule has 2 unspecified atom stereocenters. The molecule has 0 spiro atoms.